The monoisotopic (exact) mass is 236 g/mol. The van der Waals surface area contributed by atoms with Crippen LogP contribution in [0.2, 0.25) is 0 Å². The summed E-state index contributed by atoms with van der Waals surface area (Å²) in [5.41, 5.74) is 14.3. The van der Waals surface area contributed by atoms with Gasteiger partial charge in [0.25, 0.3) is 5.91 Å². The van der Waals surface area contributed by atoms with Crippen LogP contribution in [0.15, 0.2) is 6.07 Å². The number of hydrogen-bond donors (Lipinski definition) is 3. The van der Waals surface area contributed by atoms with Gasteiger partial charge in [-0.25, -0.2) is 4.98 Å². The molecule has 6 N–H and O–H groups in total. The molecular weight excluding hydrogens is 229 g/mol. The molecule has 9 heteroatoms. The van der Waals surface area contributed by atoms with Crippen molar-refractivity contribution in [3.8, 4) is 5.75 Å². The van der Waals surface area contributed by atoms with Crippen LogP contribution in [0.5, 0.6) is 5.75 Å². The summed E-state index contributed by atoms with van der Waals surface area (Å²) in [5, 5.41) is 0. The van der Waals surface area contributed by atoms with Crippen molar-refractivity contribution < 1.29 is 22.7 Å². The van der Waals surface area contributed by atoms with E-state index in [4.69, 9.17) is 17.2 Å². The zero-order chi connectivity index (χ0) is 12.5. The Bertz CT molecular complexity index is 432. The van der Waals surface area contributed by atoms with Gasteiger partial charge < -0.3 is 21.9 Å². The molecule has 16 heavy (non-hydrogen) atoms. The lowest BCUT2D eigenvalue weighted by Gasteiger charge is -2.12. The molecule has 1 amide bonds. The van der Waals surface area contributed by atoms with E-state index in [1.54, 1.807) is 0 Å². The highest BCUT2D eigenvalue weighted by Crippen LogP contribution is 2.29. The van der Waals surface area contributed by atoms with E-state index in [9.17, 15) is 18.0 Å². The predicted octanol–water partition coefficient (Wildman–Crippen LogP) is 0.243. The second-order valence-electron chi connectivity index (χ2n) is 2.72. The van der Waals surface area contributed by atoms with E-state index in [1.807, 2.05) is 0 Å². The summed E-state index contributed by atoms with van der Waals surface area (Å²) in [4.78, 5) is 14.1. The van der Waals surface area contributed by atoms with Crippen molar-refractivity contribution in [2.45, 2.75) is 6.36 Å². The van der Waals surface area contributed by atoms with Crippen molar-refractivity contribution >= 4 is 17.4 Å². The number of ether oxygens (including phenoxy) is 1. The zero-order valence-corrected chi connectivity index (χ0v) is 7.71. The predicted molar refractivity (Wildman–Crippen MR) is 48.3 cm³/mol. The molecule has 0 fully saturated rings. The molecule has 0 spiro atoms. The molecule has 1 aromatic heterocycles. The molecule has 0 bridgehead atoms. The van der Waals surface area contributed by atoms with Crippen molar-refractivity contribution in [2.75, 3.05) is 11.5 Å². The molecule has 0 aliphatic heterocycles. The van der Waals surface area contributed by atoms with E-state index >= 15 is 0 Å². The molecule has 0 atom stereocenters. The number of halogens is 3. The van der Waals surface area contributed by atoms with E-state index in [2.05, 4.69) is 9.72 Å². The highest BCUT2D eigenvalue weighted by Gasteiger charge is 2.33. The molecule has 1 aromatic rings. The van der Waals surface area contributed by atoms with Gasteiger partial charge in [0, 0.05) is 6.07 Å². The Balaban J connectivity index is 3.25. The summed E-state index contributed by atoms with van der Waals surface area (Å²) < 4.78 is 39.4. The molecular formula is C7H7F3N4O2. The maximum Gasteiger partial charge on any atom is 0.573 e. The summed E-state index contributed by atoms with van der Waals surface area (Å²) >= 11 is 0. The van der Waals surface area contributed by atoms with Crippen LogP contribution >= 0.6 is 0 Å². The van der Waals surface area contributed by atoms with E-state index in [0.29, 0.717) is 0 Å². The second kappa shape index (κ2) is 3.76. The number of amides is 1. The van der Waals surface area contributed by atoms with Crippen molar-refractivity contribution in [3.63, 3.8) is 0 Å². The molecule has 1 rings (SSSR count). The molecule has 0 unspecified atom stereocenters. The van der Waals surface area contributed by atoms with Gasteiger partial charge >= 0.3 is 6.36 Å². The number of carbonyl (C=O) groups is 1. The van der Waals surface area contributed by atoms with Gasteiger partial charge in [-0.2, -0.15) is 0 Å². The van der Waals surface area contributed by atoms with E-state index in [1.165, 1.54) is 0 Å². The third-order valence-electron chi connectivity index (χ3n) is 1.51. The van der Waals surface area contributed by atoms with Crippen LogP contribution in [-0.2, 0) is 0 Å². The summed E-state index contributed by atoms with van der Waals surface area (Å²) in [5.74, 6) is -2.39. The lowest BCUT2D eigenvalue weighted by atomic mass is 10.3. The summed E-state index contributed by atoms with van der Waals surface area (Å²) in [6.07, 6.45) is -4.98. The summed E-state index contributed by atoms with van der Waals surface area (Å²) in [6, 6.07) is 0.732. The first-order valence-electron chi connectivity index (χ1n) is 3.82. The number of primary amides is 1. The molecule has 0 saturated heterocycles. The number of rotatable bonds is 2. The van der Waals surface area contributed by atoms with Crippen molar-refractivity contribution in [1.29, 1.82) is 0 Å². The van der Waals surface area contributed by atoms with Crippen LogP contribution < -0.4 is 21.9 Å². The molecule has 0 saturated carbocycles. The Morgan fingerprint density at radius 1 is 1.38 bits per heavy atom. The fraction of sp³-hybridized carbons (Fsp3) is 0.143. The lowest BCUT2D eigenvalue weighted by molar-refractivity contribution is -0.274. The number of hydrogen-bond acceptors (Lipinski definition) is 5. The van der Waals surface area contributed by atoms with Crippen molar-refractivity contribution in [3.05, 3.63) is 11.8 Å². The van der Waals surface area contributed by atoms with Crippen molar-refractivity contribution in [1.82, 2.24) is 4.98 Å². The summed E-state index contributed by atoms with van der Waals surface area (Å²) in [6.45, 7) is 0. The highest BCUT2D eigenvalue weighted by molar-refractivity contribution is 5.94. The van der Waals surface area contributed by atoms with Crippen LogP contribution in [0.25, 0.3) is 0 Å². The molecule has 0 aromatic carbocycles. The van der Waals surface area contributed by atoms with E-state index in [-0.39, 0.29) is 11.5 Å². The Labute approximate surface area is 87.2 Å². The Morgan fingerprint density at radius 3 is 2.38 bits per heavy atom. The van der Waals surface area contributed by atoms with Crippen LogP contribution in [0.1, 0.15) is 10.5 Å². The van der Waals surface area contributed by atoms with Gasteiger partial charge in [0.05, 0.1) is 5.69 Å². The molecule has 88 valence electrons. The Morgan fingerprint density at radius 2 is 1.94 bits per heavy atom. The first-order chi connectivity index (χ1) is 7.20. The molecule has 6 nitrogen and oxygen atoms in total. The number of pyridine rings is 1. The fourth-order valence-electron chi connectivity index (χ4n) is 0.903. The second-order valence-corrected chi connectivity index (χ2v) is 2.72. The largest absolute Gasteiger partial charge is 0.573 e. The van der Waals surface area contributed by atoms with Crippen LogP contribution in [-0.4, -0.2) is 17.3 Å². The number of alkyl halides is 3. The van der Waals surface area contributed by atoms with Gasteiger partial charge in [0.15, 0.2) is 11.4 Å². The SMILES string of the molecule is NC(=O)c1nc(N)c(N)cc1OC(F)(F)F. The van der Waals surface area contributed by atoms with Gasteiger partial charge in [-0.05, 0) is 0 Å². The van der Waals surface area contributed by atoms with Crippen LogP contribution in [0.4, 0.5) is 24.7 Å². The highest BCUT2D eigenvalue weighted by atomic mass is 19.4. The molecule has 0 radical (unpaired) electrons. The molecule has 0 aliphatic rings. The van der Waals surface area contributed by atoms with Gasteiger partial charge in [-0.1, -0.05) is 0 Å². The standard InChI is InChI=1S/C7H7F3N4O2/c8-7(9,10)16-3-1-2(11)5(12)14-4(3)6(13)15/h1H,11H2,(H2,12,14)(H2,13,15). The fourth-order valence-corrected chi connectivity index (χ4v) is 0.903. The number of anilines is 2. The third kappa shape index (κ3) is 2.65. The zero-order valence-electron chi connectivity index (χ0n) is 7.71. The quantitative estimate of drug-likeness (QED) is 0.680. The number of nitrogen functional groups attached to an aromatic ring is 2. The van der Waals surface area contributed by atoms with E-state index in [0.717, 1.165) is 6.07 Å². The first kappa shape index (κ1) is 11.9. The minimum atomic E-state index is -4.98. The molecule has 1 heterocycles. The average molecular weight is 236 g/mol. The minimum absolute atomic E-state index is 0.246. The number of nitrogens with zero attached hydrogens (tertiary/aromatic N) is 1. The maximum absolute atomic E-state index is 11.9. The maximum atomic E-state index is 11.9. The normalized spacial score (nSPS) is 11.2. The van der Waals surface area contributed by atoms with Gasteiger partial charge in [-0.3, -0.25) is 4.79 Å². The third-order valence-corrected chi connectivity index (χ3v) is 1.51. The van der Waals surface area contributed by atoms with Gasteiger partial charge in [0.1, 0.15) is 5.82 Å². The summed E-state index contributed by atoms with van der Waals surface area (Å²) in [7, 11) is 0. The van der Waals surface area contributed by atoms with Crippen LogP contribution in [0, 0.1) is 0 Å². The minimum Gasteiger partial charge on any atom is -0.403 e. The molecule has 0 aliphatic carbocycles. The lowest BCUT2D eigenvalue weighted by Crippen LogP contribution is -2.22. The Kier molecular flexibility index (Phi) is 2.79. The number of aromatic nitrogens is 1. The van der Waals surface area contributed by atoms with E-state index < -0.39 is 23.7 Å². The Hall–Kier alpha value is -2.19. The first-order valence-corrected chi connectivity index (χ1v) is 3.82. The topological polar surface area (TPSA) is 117 Å². The van der Waals surface area contributed by atoms with Gasteiger partial charge in [0.2, 0.25) is 0 Å². The number of carbonyl (C=O) groups excluding carboxylic acids is 1. The van der Waals surface area contributed by atoms with Gasteiger partial charge in [-0.15, -0.1) is 13.2 Å². The smallest absolute Gasteiger partial charge is 0.403 e. The average Bonchev–Trinajstić information content (AvgIpc) is 2.07. The van der Waals surface area contributed by atoms with Crippen LogP contribution in [0.3, 0.4) is 0 Å². The van der Waals surface area contributed by atoms with Crippen molar-refractivity contribution in [2.24, 2.45) is 5.73 Å². The number of nitrogens with two attached hydrogens (primary N) is 3.